The van der Waals surface area contributed by atoms with Crippen LogP contribution >= 0.6 is 11.8 Å². The van der Waals surface area contributed by atoms with E-state index in [1.54, 1.807) is 21.9 Å². The third-order valence-electron chi connectivity index (χ3n) is 6.12. The molecule has 2 amide bonds. The third-order valence-corrected chi connectivity index (χ3v) is 7.54. The molecule has 5 rings (SSSR count). The molecule has 2 aliphatic heterocycles. The summed E-state index contributed by atoms with van der Waals surface area (Å²) in [6.07, 6.45) is 0. The van der Waals surface area contributed by atoms with Gasteiger partial charge in [0.2, 0.25) is 0 Å². The van der Waals surface area contributed by atoms with Gasteiger partial charge in [-0.15, -0.1) is 11.8 Å². The first-order valence-corrected chi connectivity index (χ1v) is 11.5. The molecule has 2 aliphatic rings. The van der Waals surface area contributed by atoms with Crippen molar-refractivity contribution in [2.45, 2.75) is 18.3 Å². The van der Waals surface area contributed by atoms with E-state index >= 15 is 0 Å². The summed E-state index contributed by atoms with van der Waals surface area (Å²) < 4.78 is 0. The van der Waals surface area contributed by atoms with E-state index < -0.39 is 4.87 Å². The molecule has 0 unspecified atom stereocenters. The molecule has 158 valence electrons. The molecule has 0 N–H and O–H groups in total. The van der Waals surface area contributed by atoms with E-state index in [-0.39, 0.29) is 11.8 Å². The van der Waals surface area contributed by atoms with E-state index in [1.165, 1.54) is 11.8 Å². The minimum atomic E-state index is -1.07. The normalized spacial score (nSPS) is 19.3. The Morgan fingerprint density at radius 1 is 1.09 bits per heavy atom. The Morgan fingerprint density at radius 2 is 1.88 bits per heavy atom. The van der Waals surface area contributed by atoms with Crippen molar-refractivity contribution in [1.29, 1.82) is 5.26 Å². The van der Waals surface area contributed by atoms with Gasteiger partial charge in [-0.25, -0.2) is 0 Å². The summed E-state index contributed by atoms with van der Waals surface area (Å²) in [5.74, 6) is 0.463. The molecule has 3 aromatic carbocycles. The van der Waals surface area contributed by atoms with Crippen LogP contribution in [-0.2, 0) is 16.2 Å². The van der Waals surface area contributed by atoms with Crippen LogP contribution in [-0.4, -0.2) is 29.0 Å². The van der Waals surface area contributed by atoms with Crippen LogP contribution in [0.2, 0.25) is 0 Å². The zero-order chi connectivity index (χ0) is 22.3. The monoisotopic (exact) mass is 439 g/mol. The second-order valence-corrected chi connectivity index (χ2v) is 9.27. The van der Waals surface area contributed by atoms with Crippen molar-refractivity contribution in [3.05, 3.63) is 101 Å². The van der Waals surface area contributed by atoms with E-state index in [0.29, 0.717) is 30.0 Å². The summed E-state index contributed by atoms with van der Waals surface area (Å²) in [5.41, 5.74) is 4.63. The van der Waals surface area contributed by atoms with Gasteiger partial charge in [-0.3, -0.25) is 9.59 Å². The number of amides is 2. The number of benzene rings is 3. The average molecular weight is 440 g/mol. The highest BCUT2D eigenvalue weighted by Gasteiger charge is 2.59. The van der Waals surface area contributed by atoms with Gasteiger partial charge in [0, 0.05) is 23.4 Å². The minimum absolute atomic E-state index is 0.106. The summed E-state index contributed by atoms with van der Waals surface area (Å²) in [7, 11) is 0. The number of nitrogens with zero attached hydrogens (tertiary/aromatic N) is 3. The van der Waals surface area contributed by atoms with Gasteiger partial charge in [0.25, 0.3) is 11.8 Å². The van der Waals surface area contributed by atoms with Gasteiger partial charge in [-0.2, -0.15) is 5.26 Å². The van der Waals surface area contributed by atoms with Gasteiger partial charge in [0.1, 0.15) is 0 Å². The molecule has 2 heterocycles. The van der Waals surface area contributed by atoms with E-state index in [1.807, 2.05) is 67.6 Å². The van der Waals surface area contributed by atoms with Crippen molar-refractivity contribution in [1.82, 2.24) is 4.90 Å². The maximum atomic E-state index is 14.0. The molecule has 1 saturated heterocycles. The topological polar surface area (TPSA) is 64.4 Å². The predicted molar refractivity (Wildman–Crippen MR) is 125 cm³/mol. The van der Waals surface area contributed by atoms with Crippen LogP contribution in [0.25, 0.3) is 0 Å². The summed E-state index contributed by atoms with van der Waals surface area (Å²) in [6, 6.07) is 24.7. The molecule has 0 saturated carbocycles. The lowest BCUT2D eigenvalue weighted by molar-refractivity contribution is -0.123. The number of carbonyl (C=O) groups is 2. The van der Waals surface area contributed by atoms with Gasteiger partial charge in [0.05, 0.1) is 23.9 Å². The van der Waals surface area contributed by atoms with Gasteiger partial charge in [0.15, 0.2) is 4.87 Å². The first-order valence-electron chi connectivity index (χ1n) is 10.5. The van der Waals surface area contributed by atoms with Crippen LogP contribution in [0.4, 0.5) is 5.69 Å². The molecule has 0 radical (unpaired) electrons. The second kappa shape index (κ2) is 7.85. The number of nitriles is 1. The maximum absolute atomic E-state index is 14.0. The number of hydrogen-bond acceptors (Lipinski definition) is 4. The summed E-state index contributed by atoms with van der Waals surface area (Å²) in [5, 5.41) is 9.25. The number of hydrogen-bond donors (Lipinski definition) is 0. The van der Waals surface area contributed by atoms with Crippen LogP contribution in [0.1, 0.15) is 32.6 Å². The lowest BCUT2D eigenvalue weighted by Crippen LogP contribution is -2.50. The van der Waals surface area contributed by atoms with E-state index in [4.69, 9.17) is 0 Å². The van der Waals surface area contributed by atoms with Crippen molar-refractivity contribution < 1.29 is 9.59 Å². The molecule has 0 bridgehead atoms. The molecular formula is C26H21N3O2S. The molecule has 0 aromatic heterocycles. The Kier molecular flexibility index (Phi) is 4.99. The first-order chi connectivity index (χ1) is 15.6. The van der Waals surface area contributed by atoms with Crippen molar-refractivity contribution in [2.75, 3.05) is 17.2 Å². The standard InChI is InChI=1S/C26H21N3O2S/c1-18-7-2-3-10-21(18)24(30)29-13-14-32-26(29)22-11-4-5-12-23(22)28(25(26)31)17-20-9-6-8-19(15-20)16-27/h2-12,15H,13-14,17H2,1H3/t26-/m1/s1. The zero-order valence-corrected chi connectivity index (χ0v) is 18.4. The first kappa shape index (κ1) is 20.3. The zero-order valence-electron chi connectivity index (χ0n) is 17.6. The van der Waals surface area contributed by atoms with E-state index in [2.05, 4.69) is 6.07 Å². The molecular weight excluding hydrogens is 418 g/mol. The van der Waals surface area contributed by atoms with Gasteiger partial charge < -0.3 is 9.80 Å². The summed E-state index contributed by atoms with van der Waals surface area (Å²) in [6.45, 7) is 2.78. The number of carbonyl (C=O) groups excluding carboxylic acids is 2. The maximum Gasteiger partial charge on any atom is 0.268 e. The summed E-state index contributed by atoms with van der Waals surface area (Å²) in [4.78, 5) is 30.1. The van der Waals surface area contributed by atoms with Crippen molar-refractivity contribution >= 4 is 29.3 Å². The number of thioether (sulfide) groups is 1. The highest BCUT2D eigenvalue weighted by atomic mass is 32.2. The van der Waals surface area contributed by atoms with Crippen LogP contribution in [0.5, 0.6) is 0 Å². The molecule has 5 nitrogen and oxygen atoms in total. The number of para-hydroxylation sites is 1. The van der Waals surface area contributed by atoms with Gasteiger partial charge in [-0.05, 0) is 42.3 Å². The highest BCUT2D eigenvalue weighted by Crippen LogP contribution is 2.54. The molecule has 3 aromatic rings. The van der Waals surface area contributed by atoms with Crippen LogP contribution in [0.3, 0.4) is 0 Å². The smallest absolute Gasteiger partial charge is 0.268 e. The second-order valence-electron chi connectivity index (χ2n) is 7.98. The number of fused-ring (bicyclic) bond motifs is 2. The predicted octanol–water partition coefficient (Wildman–Crippen LogP) is 4.46. The fourth-order valence-electron chi connectivity index (χ4n) is 4.61. The molecule has 6 heteroatoms. The molecule has 1 atom stereocenters. The minimum Gasteiger partial charge on any atom is -0.311 e. The Bertz CT molecular complexity index is 1280. The Balaban J connectivity index is 1.58. The van der Waals surface area contributed by atoms with Crippen LogP contribution < -0.4 is 4.90 Å². The van der Waals surface area contributed by atoms with Crippen molar-refractivity contribution in [3.8, 4) is 6.07 Å². The van der Waals surface area contributed by atoms with Crippen LogP contribution in [0.15, 0.2) is 72.8 Å². The third kappa shape index (κ3) is 3.01. The highest BCUT2D eigenvalue weighted by molar-refractivity contribution is 8.01. The fourth-order valence-corrected chi connectivity index (χ4v) is 6.07. The number of anilines is 1. The Morgan fingerprint density at radius 3 is 2.69 bits per heavy atom. The lowest BCUT2D eigenvalue weighted by atomic mass is 10.0. The quantitative estimate of drug-likeness (QED) is 0.605. The molecule has 1 spiro atoms. The Labute approximate surface area is 191 Å². The number of aryl methyl sites for hydroxylation is 1. The largest absolute Gasteiger partial charge is 0.311 e. The van der Waals surface area contributed by atoms with Crippen LogP contribution in [0, 0.1) is 18.3 Å². The van der Waals surface area contributed by atoms with Crippen molar-refractivity contribution in [3.63, 3.8) is 0 Å². The van der Waals surface area contributed by atoms with Crippen molar-refractivity contribution in [2.24, 2.45) is 0 Å². The fraction of sp³-hybridized carbons (Fsp3) is 0.192. The molecule has 1 fully saturated rings. The van der Waals surface area contributed by atoms with Gasteiger partial charge in [-0.1, -0.05) is 48.5 Å². The molecule has 32 heavy (non-hydrogen) atoms. The van der Waals surface area contributed by atoms with Gasteiger partial charge >= 0.3 is 0 Å². The van der Waals surface area contributed by atoms with E-state index in [0.717, 1.165) is 22.4 Å². The average Bonchev–Trinajstić information content (AvgIpc) is 3.36. The van der Waals surface area contributed by atoms with E-state index in [9.17, 15) is 14.9 Å². The molecule has 0 aliphatic carbocycles. The number of rotatable bonds is 3. The lowest BCUT2D eigenvalue weighted by Gasteiger charge is -2.33. The summed E-state index contributed by atoms with van der Waals surface area (Å²) >= 11 is 1.52. The Hall–Kier alpha value is -3.56. The SMILES string of the molecule is Cc1ccccc1C(=O)N1CCS[C@]12C(=O)N(Cc1cccc(C#N)c1)c1ccccc12.